The average Bonchev–Trinajstić information content (AvgIpc) is 3.15. The van der Waals surface area contributed by atoms with Crippen LogP contribution < -0.4 is 4.87 Å². The van der Waals surface area contributed by atoms with Crippen molar-refractivity contribution in [1.82, 2.24) is 4.98 Å². The van der Waals surface area contributed by atoms with Gasteiger partial charge in [0.15, 0.2) is 0 Å². The highest BCUT2D eigenvalue weighted by atomic mass is 32.1. The number of thiazole rings is 1. The minimum Gasteiger partial charge on any atom is -0.494 e. The van der Waals surface area contributed by atoms with Gasteiger partial charge >= 0.3 is 10.8 Å². The number of rotatable bonds is 5. The van der Waals surface area contributed by atoms with Crippen LogP contribution in [0, 0.1) is 0 Å². The number of H-pyrrole nitrogens is 1. The van der Waals surface area contributed by atoms with Crippen molar-refractivity contribution in [3.63, 3.8) is 0 Å². The Balaban J connectivity index is 1.76. The van der Waals surface area contributed by atoms with E-state index in [-0.39, 0.29) is 16.7 Å². The molecular weight excluding hydrogens is 330 g/mol. The molecule has 0 saturated carbocycles. The molecule has 0 radical (unpaired) electrons. The quantitative estimate of drug-likeness (QED) is 0.693. The summed E-state index contributed by atoms with van der Waals surface area (Å²) in [5, 5.41) is 9.61. The Morgan fingerprint density at radius 2 is 2.00 bits per heavy atom. The van der Waals surface area contributed by atoms with Gasteiger partial charge in [0, 0.05) is 12.0 Å². The first-order chi connectivity index (χ1) is 11.6. The zero-order valence-corrected chi connectivity index (χ0v) is 13.7. The van der Waals surface area contributed by atoms with Crippen molar-refractivity contribution in [1.29, 1.82) is 0 Å². The van der Waals surface area contributed by atoms with Gasteiger partial charge in [-0.2, -0.15) is 0 Å². The van der Waals surface area contributed by atoms with Crippen LogP contribution in [0.5, 0.6) is 5.88 Å². The molecule has 0 unspecified atom stereocenters. The van der Waals surface area contributed by atoms with E-state index >= 15 is 0 Å². The molecule has 0 fully saturated rings. The normalized spacial score (nSPS) is 10.7. The van der Waals surface area contributed by atoms with Gasteiger partial charge in [0.25, 0.3) is 0 Å². The maximum atomic E-state index is 11.6. The molecule has 2 aromatic heterocycles. The molecule has 0 atom stereocenters. The summed E-state index contributed by atoms with van der Waals surface area (Å²) < 4.78 is 10.7. The maximum Gasteiger partial charge on any atom is 0.338 e. The minimum atomic E-state index is -0.359. The molecule has 24 heavy (non-hydrogen) atoms. The number of carbonyl (C=O) groups is 1. The Bertz CT molecular complexity index is 904. The lowest BCUT2D eigenvalue weighted by molar-refractivity contribution is 0.0526. The smallest absolute Gasteiger partial charge is 0.338 e. The van der Waals surface area contributed by atoms with E-state index in [4.69, 9.17) is 9.15 Å². The number of hydrogen-bond donors (Lipinski definition) is 2. The molecule has 2 heterocycles. The van der Waals surface area contributed by atoms with Gasteiger partial charge in [-0.15, -0.1) is 0 Å². The zero-order chi connectivity index (χ0) is 17.1. The van der Waals surface area contributed by atoms with Crippen LogP contribution >= 0.6 is 11.3 Å². The summed E-state index contributed by atoms with van der Waals surface area (Å²) in [7, 11) is 0. The molecule has 0 aliphatic rings. The summed E-state index contributed by atoms with van der Waals surface area (Å²) in [4.78, 5) is 25.4. The van der Waals surface area contributed by atoms with Crippen molar-refractivity contribution in [2.24, 2.45) is 0 Å². The van der Waals surface area contributed by atoms with Crippen molar-refractivity contribution in [3.05, 3.63) is 62.3 Å². The summed E-state index contributed by atoms with van der Waals surface area (Å²) in [5.41, 5.74) is 1.30. The molecule has 3 aromatic rings. The third-order valence-corrected chi connectivity index (χ3v) is 4.25. The van der Waals surface area contributed by atoms with E-state index in [1.807, 2.05) is 0 Å². The first-order valence-electron chi connectivity index (χ1n) is 7.34. The maximum absolute atomic E-state index is 11.6. The fourth-order valence-corrected chi connectivity index (χ4v) is 2.98. The second-order valence-corrected chi connectivity index (χ2v) is 6.09. The molecule has 0 aliphatic carbocycles. The van der Waals surface area contributed by atoms with Crippen molar-refractivity contribution in [2.45, 2.75) is 13.3 Å². The van der Waals surface area contributed by atoms with Crippen LogP contribution in [0.3, 0.4) is 0 Å². The second-order valence-electron chi connectivity index (χ2n) is 5.03. The zero-order valence-electron chi connectivity index (χ0n) is 12.9. The van der Waals surface area contributed by atoms with Crippen LogP contribution in [0.2, 0.25) is 0 Å². The Kier molecular flexibility index (Phi) is 4.52. The number of hydrogen-bond acceptors (Lipinski definition) is 6. The minimum absolute atomic E-state index is 0.123. The van der Waals surface area contributed by atoms with E-state index in [9.17, 15) is 14.7 Å². The lowest BCUT2D eigenvalue weighted by atomic mass is 10.1. The molecule has 3 rings (SSSR count). The van der Waals surface area contributed by atoms with Crippen molar-refractivity contribution < 1.29 is 19.1 Å². The van der Waals surface area contributed by atoms with Crippen LogP contribution in [-0.4, -0.2) is 22.7 Å². The molecule has 0 amide bonds. The van der Waals surface area contributed by atoms with Gasteiger partial charge < -0.3 is 14.3 Å². The summed E-state index contributed by atoms with van der Waals surface area (Å²) >= 11 is 0.952. The molecule has 124 valence electrons. The molecule has 0 aliphatic heterocycles. The van der Waals surface area contributed by atoms with Crippen LogP contribution in [0.1, 0.15) is 27.9 Å². The van der Waals surface area contributed by atoms with Crippen molar-refractivity contribution in [2.75, 3.05) is 6.61 Å². The third kappa shape index (κ3) is 3.41. The number of carbonyl (C=O) groups excluding carboxylic acids is 1. The Hall–Kier alpha value is -2.80. The van der Waals surface area contributed by atoms with Crippen molar-refractivity contribution >= 4 is 17.3 Å². The van der Waals surface area contributed by atoms with Gasteiger partial charge in [-0.3, -0.25) is 9.78 Å². The van der Waals surface area contributed by atoms with E-state index in [2.05, 4.69) is 4.98 Å². The highest BCUT2D eigenvalue weighted by Gasteiger charge is 2.12. The van der Waals surface area contributed by atoms with Gasteiger partial charge in [0.2, 0.25) is 5.88 Å². The predicted octanol–water partition coefficient (Wildman–Crippen LogP) is 3.17. The summed E-state index contributed by atoms with van der Waals surface area (Å²) in [5.74, 6) is 0.788. The fraction of sp³-hybridized carbons (Fsp3) is 0.176. The Labute approximate surface area is 141 Å². The predicted molar refractivity (Wildman–Crippen MR) is 89.5 cm³/mol. The number of benzene rings is 1. The largest absolute Gasteiger partial charge is 0.494 e. The number of aromatic nitrogens is 1. The number of furan rings is 1. The van der Waals surface area contributed by atoms with E-state index < -0.39 is 0 Å². The highest BCUT2D eigenvalue weighted by molar-refractivity contribution is 7.09. The Morgan fingerprint density at radius 3 is 2.62 bits per heavy atom. The Morgan fingerprint density at radius 1 is 1.25 bits per heavy atom. The van der Waals surface area contributed by atoms with Crippen LogP contribution in [0.25, 0.3) is 11.3 Å². The van der Waals surface area contributed by atoms with E-state index in [1.165, 1.54) is 0 Å². The molecule has 0 saturated heterocycles. The fourth-order valence-electron chi connectivity index (χ4n) is 2.24. The molecule has 7 heteroatoms. The lowest BCUT2D eigenvalue weighted by Crippen LogP contribution is -2.03. The molecular formula is C17H15NO5S. The highest BCUT2D eigenvalue weighted by Crippen LogP contribution is 2.26. The van der Waals surface area contributed by atoms with Crippen LogP contribution in [0.15, 0.2) is 45.6 Å². The molecule has 0 bridgehead atoms. The molecule has 0 spiro atoms. The van der Waals surface area contributed by atoms with Gasteiger partial charge in [-0.1, -0.05) is 23.5 Å². The monoisotopic (exact) mass is 345 g/mol. The lowest BCUT2D eigenvalue weighted by Gasteiger charge is -2.02. The third-order valence-electron chi connectivity index (χ3n) is 3.38. The van der Waals surface area contributed by atoms with Gasteiger partial charge in [-0.05, 0) is 31.2 Å². The topological polar surface area (TPSA) is 92.5 Å². The number of ether oxygens (including phenoxy) is 1. The van der Waals surface area contributed by atoms with Crippen LogP contribution in [0.4, 0.5) is 0 Å². The van der Waals surface area contributed by atoms with E-state index in [1.54, 1.807) is 43.3 Å². The second kappa shape index (κ2) is 6.76. The summed E-state index contributed by atoms with van der Waals surface area (Å²) in [6.07, 6.45) is 0.330. The van der Waals surface area contributed by atoms with Gasteiger partial charge in [-0.25, -0.2) is 4.79 Å². The molecule has 2 N–H and O–H groups in total. The molecule has 1 aromatic carbocycles. The number of esters is 1. The van der Waals surface area contributed by atoms with Crippen LogP contribution in [-0.2, 0) is 11.2 Å². The first-order valence-corrected chi connectivity index (χ1v) is 8.15. The SMILES string of the molecule is CCOC(=O)c1ccc(-c2ccc(Cc3sc(=O)[nH]c3O)o2)cc1. The van der Waals surface area contributed by atoms with Gasteiger partial charge in [0.1, 0.15) is 11.5 Å². The number of aromatic hydroxyl groups is 1. The first kappa shape index (κ1) is 16.1. The number of aromatic amines is 1. The summed E-state index contributed by atoms with van der Waals surface area (Å²) in [6.45, 7) is 2.09. The number of nitrogens with one attached hydrogen (secondary N) is 1. The van der Waals surface area contributed by atoms with E-state index in [0.717, 1.165) is 16.9 Å². The average molecular weight is 345 g/mol. The van der Waals surface area contributed by atoms with Crippen molar-refractivity contribution in [3.8, 4) is 17.2 Å². The van der Waals surface area contributed by atoms with Gasteiger partial charge in [0.05, 0.1) is 17.0 Å². The molecule has 6 nitrogen and oxygen atoms in total. The summed E-state index contributed by atoms with van der Waals surface area (Å²) in [6, 6.07) is 10.5. The van der Waals surface area contributed by atoms with E-state index in [0.29, 0.717) is 35.0 Å². The standard InChI is InChI=1S/C17H15NO5S/c1-2-22-16(20)11-5-3-10(4-6-11)13-8-7-12(23-13)9-14-15(19)18-17(21)24-14/h3-8,19H,2,9H2,1H3,(H,18,21).